The van der Waals surface area contributed by atoms with Crippen LogP contribution >= 0.6 is 11.8 Å². The van der Waals surface area contributed by atoms with Gasteiger partial charge in [0, 0.05) is 15.5 Å². The van der Waals surface area contributed by atoms with Crippen LogP contribution in [-0.2, 0) is 12.8 Å². The Morgan fingerprint density at radius 1 is 0.824 bits per heavy atom. The van der Waals surface area contributed by atoms with Crippen molar-refractivity contribution in [3.05, 3.63) is 53.6 Å². The summed E-state index contributed by atoms with van der Waals surface area (Å²) in [7, 11) is 0. The molecule has 1 nitrogen and oxygen atoms in total. The van der Waals surface area contributed by atoms with Gasteiger partial charge in [-0.2, -0.15) is 0 Å². The van der Waals surface area contributed by atoms with Crippen LogP contribution < -0.4 is 5.73 Å². The summed E-state index contributed by atoms with van der Waals surface area (Å²) >= 11 is 1.81. The van der Waals surface area contributed by atoms with Crippen molar-refractivity contribution in [1.82, 2.24) is 0 Å². The Morgan fingerprint density at radius 2 is 1.53 bits per heavy atom. The van der Waals surface area contributed by atoms with Gasteiger partial charge in [0.25, 0.3) is 0 Å². The molecular formula is C15H15NS. The van der Waals surface area contributed by atoms with Crippen molar-refractivity contribution in [2.24, 2.45) is 0 Å². The quantitative estimate of drug-likeness (QED) is 0.807. The van der Waals surface area contributed by atoms with Gasteiger partial charge in [-0.25, -0.2) is 0 Å². The first-order chi connectivity index (χ1) is 8.31. The molecular weight excluding hydrogens is 226 g/mol. The zero-order chi connectivity index (χ0) is 11.7. The van der Waals surface area contributed by atoms with Crippen molar-refractivity contribution in [3.8, 4) is 0 Å². The molecule has 0 heterocycles. The van der Waals surface area contributed by atoms with E-state index >= 15 is 0 Å². The van der Waals surface area contributed by atoms with Crippen LogP contribution in [-0.4, -0.2) is 0 Å². The van der Waals surface area contributed by atoms with Gasteiger partial charge in [-0.1, -0.05) is 17.8 Å². The maximum Gasteiger partial charge on any atom is 0.0314 e. The molecule has 0 atom stereocenters. The first-order valence-corrected chi connectivity index (χ1v) is 6.78. The van der Waals surface area contributed by atoms with Crippen molar-refractivity contribution in [1.29, 1.82) is 0 Å². The Labute approximate surface area is 106 Å². The Morgan fingerprint density at radius 3 is 2.35 bits per heavy atom. The molecule has 1 aliphatic rings. The number of nitrogen functional groups attached to an aromatic ring is 1. The molecule has 3 rings (SSSR count). The van der Waals surface area contributed by atoms with Crippen LogP contribution in [0.1, 0.15) is 17.5 Å². The highest BCUT2D eigenvalue weighted by Crippen LogP contribution is 2.32. The van der Waals surface area contributed by atoms with E-state index in [1.165, 1.54) is 40.2 Å². The van der Waals surface area contributed by atoms with E-state index in [2.05, 4.69) is 30.3 Å². The van der Waals surface area contributed by atoms with E-state index in [1.807, 2.05) is 12.1 Å². The van der Waals surface area contributed by atoms with E-state index in [0.29, 0.717) is 0 Å². The number of nitrogens with two attached hydrogens (primary N) is 1. The molecule has 0 bridgehead atoms. The van der Waals surface area contributed by atoms with Crippen LogP contribution in [0.15, 0.2) is 52.3 Å². The van der Waals surface area contributed by atoms with Crippen molar-refractivity contribution in [3.63, 3.8) is 0 Å². The molecule has 0 amide bonds. The minimum Gasteiger partial charge on any atom is -0.399 e. The highest BCUT2D eigenvalue weighted by molar-refractivity contribution is 7.99. The molecule has 0 unspecified atom stereocenters. The SMILES string of the molecule is Nc1ccc(Sc2ccc3c(c2)CCC3)cc1. The summed E-state index contributed by atoms with van der Waals surface area (Å²) in [5.41, 5.74) is 9.57. The van der Waals surface area contributed by atoms with E-state index in [4.69, 9.17) is 5.73 Å². The number of aryl methyl sites for hydroxylation is 2. The molecule has 2 aromatic carbocycles. The van der Waals surface area contributed by atoms with Crippen molar-refractivity contribution in [2.75, 3.05) is 5.73 Å². The minimum absolute atomic E-state index is 0.823. The number of anilines is 1. The number of hydrogen-bond acceptors (Lipinski definition) is 2. The third-order valence-corrected chi connectivity index (χ3v) is 4.18. The maximum atomic E-state index is 5.68. The molecule has 2 aromatic rings. The zero-order valence-corrected chi connectivity index (χ0v) is 10.5. The Kier molecular flexibility index (Phi) is 2.81. The fraction of sp³-hybridized carbons (Fsp3) is 0.200. The molecule has 0 aliphatic heterocycles. The largest absolute Gasteiger partial charge is 0.399 e. The molecule has 0 radical (unpaired) electrons. The normalized spacial score (nSPS) is 13.6. The summed E-state index contributed by atoms with van der Waals surface area (Å²) in [6.07, 6.45) is 3.80. The predicted molar refractivity (Wildman–Crippen MR) is 73.4 cm³/mol. The van der Waals surface area contributed by atoms with Crippen LogP contribution in [0.4, 0.5) is 5.69 Å². The summed E-state index contributed by atoms with van der Waals surface area (Å²) < 4.78 is 0. The topological polar surface area (TPSA) is 26.0 Å². The number of fused-ring (bicyclic) bond motifs is 1. The van der Waals surface area contributed by atoms with E-state index in [9.17, 15) is 0 Å². The molecule has 0 aromatic heterocycles. The van der Waals surface area contributed by atoms with Crippen molar-refractivity contribution >= 4 is 17.4 Å². The molecule has 0 saturated carbocycles. The summed E-state index contributed by atoms with van der Waals surface area (Å²) in [5, 5.41) is 0. The first-order valence-electron chi connectivity index (χ1n) is 5.96. The van der Waals surface area contributed by atoms with Crippen LogP contribution in [0.5, 0.6) is 0 Å². The lowest BCUT2D eigenvalue weighted by Crippen LogP contribution is -1.84. The Bertz CT molecular complexity index is 531. The number of hydrogen-bond donors (Lipinski definition) is 1. The lowest BCUT2D eigenvalue weighted by molar-refractivity contribution is 0.911. The van der Waals surface area contributed by atoms with Crippen LogP contribution in [0.25, 0.3) is 0 Å². The standard InChI is InChI=1S/C15H15NS/c16-13-5-8-14(9-6-13)17-15-7-4-11-2-1-3-12(11)10-15/h4-10H,1-3,16H2. The van der Waals surface area contributed by atoms with Crippen LogP contribution in [0.3, 0.4) is 0 Å². The second-order valence-electron chi connectivity index (χ2n) is 4.46. The number of benzene rings is 2. The zero-order valence-electron chi connectivity index (χ0n) is 9.65. The summed E-state index contributed by atoms with van der Waals surface area (Å²) in [5.74, 6) is 0. The first kappa shape index (κ1) is 10.7. The lowest BCUT2D eigenvalue weighted by Gasteiger charge is -2.05. The van der Waals surface area contributed by atoms with E-state index in [1.54, 1.807) is 11.8 Å². The summed E-state index contributed by atoms with van der Waals surface area (Å²) in [4.78, 5) is 2.58. The lowest BCUT2D eigenvalue weighted by atomic mass is 10.1. The molecule has 0 fully saturated rings. The van der Waals surface area contributed by atoms with Gasteiger partial charge in [0.15, 0.2) is 0 Å². The third-order valence-electron chi connectivity index (χ3n) is 3.19. The van der Waals surface area contributed by atoms with Gasteiger partial charge in [-0.05, 0) is 66.8 Å². The van der Waals surface area contributed by atoms with Gasteiger partial charge in [0.05, 0.1) is 0 Å². The minimum atomic E-state index is 0.823. The van der Waals surface area contributed by atoms with Crippen molar-refractivity contribution < 1.29 is 0 Å². The number of rotatable bonds is 2. The van der Waals surface area contributed by atoms with Crippen molar-refractivity contribution in [2.45, 2.75) is 29.1 Å². The average Bonchev–Trinajstić information content (AvgIpc) is 2.79. The summed E-state index contributed by atoms with van der Waals surface area (Å²) in [6.45, 7) is 0. The van der Waals surface area contributed by atoms with E-state index in [0.717, 1.165) is 5.69 Å². The van der Waals surface area contributed by atoms with Gasteiger partial charge >= 0.3 is 0 Å². The van der Waals surface area contributed by atoms with Gasteiger partial charge in [-0.3, -0.25) is 0 Å². The van der Waals surface area contributed by atoms with Crippen LogP contribution in [0, 0.1) is 0 Å². The predicted octanol–water partition coefficient (Wildman–Crippen LogP) is 3.91. The fourth-order valence-electron chi connectivity index (χ4n) is 2.28. The van der Waals surface area contributed by atoms with E-state index in [-0.39, 0.29) is 0 Å². The second-order valence-corrected chi connectivity index (χ2v) is 5.60. The van der Waals surface area contributed by atoms with E-state index < -0.39 is 0 Å². The average molecular weight is 241 g/mol. The summed E-state index contributed by atoms with van der Waals surface area (Å²) in [6, 6.07) is 14.9. The molecule has 0 spiro atoms. The second kappa shape index (κ2) is 4.46. The highest BCUT2D eigenvalue weighted by Gasteiger charge is 2.10. The Hall–Kier alpha value is -1.41. The molecule has 2 N–H and O–H groups in total. The van der Waals surface area contributed by atoms with Gasteiger partial charge in [0.1, 0.15) is 0 Å². The Balaban J connectivity index is 1.83. The fourth-order valence-corrected chi connectivity index (χ4v) is 3.17. The molecule has 17 heavy (non-hydrogen) atoms. The van der Waals surface area contributed by atoms with Crippen LogP contribution in [0.2, 0.25) is 0 Å². The third kappa shape index (κ3) is 2.32. The monoisotopic (exact) mass is 241 g/mol. The van der Waals surface area contributed by atoms with Gasteiger partial charge < -0.3 is 5.73 Å². The smallest absolute Gasteiger partial charge is 0.0314 e. The maximum absolute atomic E-state index is 5.68. The molecule has 0 saturated heterocycles. The van der Waals surface area contributed by atoms with Gasteiger partial charge in [0.2, 0.25) is 0 Å². The van der Waals surface area contributed by atoms with Gasteiger partial charge in [-0.15, -0.1) is 0 Å². The highest BCUT2D eigenvalue weighted by atomic mass is 32.2. The molecule has 2 heteroatoms. The molecule has 86 valence electrons. The molecule has 1 aliphatic carbocycles.